The summed E-state index contributed by atoms with van der Waals surface area (Å²) in [5.41, 5.74) is -0.0221. The molecule has 0 radical (unpaired) electrons. The third-order valence-corrected chi connectivity index (χ3v) is 4.75. The van der Waals surface area contributed by atoms with Crippen LogP contribution in [0.2, 0.25) is 0 Å². The average Bonchev–Trinajstić information content (AvgIpc) is 2.88. The summed E-state index contributed by atoms with van der Waals surface area (Å²) in [5, 5.41) is 4.94. The zero-order valence-electron chi connectivity index (χ0n) is 16.0. The highest BCUT2D eigenvalue weighted by molar-refractivity contribution is 6.10. The minimum absolute atomic E-state index is 0.00879. The Kier molecular flexibility index (Phi) is 5.23. The smallest absolute Gasteiger partial charge is 0.325 e. The molecule has 29 heavy (non-hydrogen) atoms. The second kappa shape index (κ2) is 7.50. The van der Waals surface area contributed by atoms with Crippen molar-refractivity contribution in [2.24, 2.45) is 0 Å². The Hall–Kier alpha value is -3.49. The molecule has 2 N–H and O–H groups in total. The lowest BCUT2D eigenvalue weighted by Crippen LogP contribution is -2.42. The third-order valence-electron chi connectivity index (χ3n) is 4.75. The van der Waals surface area contributed by atoms with Crippen LogP contribution in [-0.2, 0) is 15.1 Å². The van der Waals surface area contributed by atoms with Crippen LogP contribution in [0.5, 0.6) is 5.75 Å². The number of urea groups is 1. The number of aryl methyl sites for hydroxylation is 1. The van der Waals surface area contributed by atoms with Crippen molar-refractivity contribution in [3.05, 3.63) is 59.2 Å². The van der Waals surface area contributed by atoms with E-state index in [1.165, 1.54) is 13.2 Å². The molecule has 1 atom stereocenters. The summed E-state index contributed by atoms with van der Waals surface area (Å²) >= 11 is 0. The van der Waals surface area contributed by atoms with E-state index in [4.69, 9.17) is 4.74 Å². The standard InChI is InChI=1S/C20H19F2N3O4/c1-11-8-12(4-7-16(11)29-3)20(2)18(27)25(19(28)24-20)10-17(26)23-13-5-6-14(21)15(22)9-13/h4-9H,10H2,1-3H3,(H,23,26)(H,24,28). The van der Waals surface area contributed by atoms with E-state index in [2.05, 4.69) is 10.6 Å². The van der Waals surface area contributed by atoms with E-state index < -0.39 is 41.6 Å². The normalized spacial score (nSPS) is 18.6. The van der Waals surface area contributed by atoms with Gasteiger partial charge in [-0.05, 0) is 49.2 Å². The van der Waals surface area contributed by atoms with Crippen LogP contribution in [-0.4, -0.2) is 36.4 Å². The van der Waals surface area contributed by atoms with Gasteiger partial charge in [-0.1, -0.05) is 6.07 Å². The Morgan fingerprint density at radius 1 is 1.17 bits per heavy atom. The number of rotatable bonds is 5. The summed E-state index contributed by atoms with van der Waals surface area (Å²) in [4.78, 5) is 38.3. The summed E-state index contributed by atoms with van der Waals surface area (Å²) in [7, 11) is 1.53. The molecule has 9 heteroatoms. The molecule has 1 heterocycles. The Bertz CT molecular complexity index is 1010. The van der Waals surface area contributed by atoms with Crippen LogP contribution < -0.4 is 15.4 Å². The number of nitrogens with one attached hydrogen (secondary N) is 2. The Morgan fingerprint density at radius 3 is 2.52 bits per heavy atom. The number of ether oxygens (including phenoxy) is 1. The molecule has 2 aromatic rings. The SMILES string of the molecule is COc1ccc(C2(C)NC(=O)N(CC(=O)Nc3ccc(F)c(F)c3)C2=O)cc1C. The summed E-state index contributed by atoms with van der Waals surface area (Å²) in [6.07, 6.45) is 0. The monoisotopic (exact) mass is 403 g/mol. The van der Waals surface area contributed by atoms with Gasteiger partial charge in [0.15, 0.2) is 11.6 Å². The van der Waals surface area contributed by atoms with Gasteiger partial charge in [0, 0.05) is 11.8 Å². The molecule has 0 saturated carbocycles. The van der Waals surface area contributed by atoms with Crippen molar-refractivity contribution < 1.29 is 27.9 Å². The Morgan fingerprint density at radius 2 is 1.90 bits per heavy atom. The number of carbonyl (C=O) groups is 3. The predicted molar refractivity (Wildman–Crippen MR) is 100 cm³/mol. The first-order chi connectivity index (χ1) is 13.7. The Labute approximate surface area is 165 Å². The van der Waals surface area contributed by atoms with Crippen molar-refractivity contribution in [2.75, 3.05) is 19.0 Å². The van der Waals surface area contributed by atoms with Gasteiger partial charge >= 0.3 is 6.03 Å². The van der Waals surface area contributed by atoms with Gasteiger partial charge in [0.25, 0.3) is 5.91 Å². The maximum atomic E-state index is 13.3. The Balaban J connectivity index is 1.76. The van der Waals surface area contributed by atoms with Crippen molar-refractivity contribution in [3.8, 4) is 5.75 Å². The van der Waals surface area contributed by atoms with E-state index in [-0.39, 0.29) is 5.69 Å². The molecule has 2 aromatic carbocycles. The molecule has 1 saturated heterocycles. The van der Waals surface area contributed by atoms with Crippen LogP contribution in [0.4, 0.5) is 19.3 Å². The lowest BCUT2D eigenvalue weighted by Gasteiger charge is -2.23. The second-order valence-electron chi connectivity index (χ2n) is 6.81. The number of hydrogen-bond acceptors (Lipinski definition) is 4. The molecule has 1 unspecified atom stereocenters. The summed E-state index contributed by atoms with van der Waals surface area (Å²) < 4.78 is 31.5. The zero-order valence-corrected chi connectivity index (χ0v) is 16.0. The number of imide groups is 1. The van der Waals surface area contributed by atoms with E-state index in [0.717, 1.165) is 22.6 Å². The number of hydrogen-bond donors (Lipinski definition) is 2. The highest BCUT2D eigenvalue weighted by Crippen LogP contribution is 2.31. The molecule has 3 rings (SSSR count). The fourth-order valence-corrected chi connectivity index (χ4v) is 3.14. The van der Waals surface area contributed by atoms with Gasteiger partial charge in [0.05, 0.1) is 7.11 Å². The van der Waals surface area contributed by atoms with Gasteiger partial charge in [-0.25, -0.2) is 13.6 Å². The summed E-state index contributed by atoms with van der Waals surface area (Å²) in [6.45, 7) is 2.77. The van der Waals surface area contributed by atoms with Gasteiger partial charge in [-0.15, -0.1) is 0 Å². The van der Waals surface area contributed by atoms with Crippen molar-refractivity contribution in [1.29, 1.82) is 0 Å². The van der Waals surface area contributed by atoms with Crippen molar-refractivity contribution in [1.82, 2.24) is 10.2 Å². The van der Waals surface area contributed by atoms with Crippen molar-refractivity contribution in [2.45, 2.75) is 19.4 Å². The van der Waals surface area contributed by atoms with E-state index in [1.807, 2.05) is 0 Å². The highest BCUT2D eigenvalue weighted by Gasteiger charge is 2.49. The maximum absolute atomic E-state index is 13.3. The number of nitrogens with zero attached hydrogens (tertiary/aromatic N) is 1. The molecule has 1 aliphatic heterocycles. The van der Waals surface area contributed by atoms with Crippen LogP contribution in [0.15, 0.2) is 36.4 Å². The number of amides is 4. The van der Waals surface area contributed by atoms with Gasteiger partial charge in [-0.2, -0.15) is 0 Å². The van der Waals surface area contributed by atoms with Crippen LogP contribution in [0.1, 0.15) is 18.1 Å². The van der Waals surface area contributed by atoms with Crippen molar-refractivity contribution >= 4 is 23.5 Å². The molecule has 152 valence electrons. The first kappa shape index (κ1) is 20.2. The number of benzene rings is 2. The fraction of sp³-hybridized carbons (Fsp3) is 0.250. The number of carbonyl (C=O) groups excluding carboxylic acids is 3. The first-order valence-electron chi connectivity index (χ1n) is 8.70. The van der Waals surface area contributed by atoms with Crippen LogP contribution in [0.3, 0.4) is 0 Å². The maximum Gasteiger partial charge on any atom is 0.325 e. The number of halogens is 2. The van der Waals surface area contributed by atoms with Crippen molar-refractivity contribution in [3.63, 3.8) is 0 Å². The molecule has 4 amide bonds. The van der Waals surface area contributed by atoms with Crippen LogP contribution in [0, 0.1) is 18.6 Å². The molecule has 1 fully saturated rings. The van der Waals surface area contributed by atoms with E-state index in [1.54, 1.807) is 32.0 Å². The minimum atomic E-state index is -1.35. The van der Waals surface area contributed by atoms with Gasteiger partial charge in [0.2, 0.25) is 5.91 Å². The number of methoxy groups -OCH3 is 1. The van der Waals surface area contributed by atoms with E-state index in [9.17, 15) is 23.2 Å². The fourth-order valence-electron chi connectivity index (χ4n) is 3.14. The molecule has 0 aromatic heterocycles. The zero-order chi connectivity index (χ0) is 21.3. The largest absolute Gasteiger partial charge is 0.496 e. The van der Waals surface area contributed by atoms with E-state index in [0.29, 0.717) is 11.3 Å². The lowest BCUT2D eigenvalue weighted by atomic mass is 9.90. The van der Waals surface area contributed by atoms with Crippen LogP contribution in [0.25, 0.3) is 0 Å². The van der Waals surface area contributed by atoms with E-state index >= 15 is 0 Å². The van der Waals surface area contributed by atoms with Gasteiger partial charge < -0.3 is 15.4 Å². The topological polar surface area (TPSA) is 87.7 Å². The molecular weight excluding hydrogens is 384 g/mol. The molecular formula is C20H19F2N3O4. The predicted octanol–water partition coefficient (Wildman–Crippen LogP) is 2.69. The molecule has 0 bridgehead atoms. The second-order valence-corrected chi connectivity index (χ2v) is 6.81. The van der Waals surface area contributed by atoms with Crippen LogP contribution >= 0.6 is 0 Å². The van der Waals surface area contributed by atoms with Gasteiger partial charge in [0.1, 0.15) is 17.8 Å². The molecule has 7 nitrogen and oxygen atoms in total. The highest BCUT2D eigenvalue weighted by atomic mass is 19.2. The summed E-state index contributed by atoms with van der Waals surface area (Å²) in [5.74, 6) is -2.87. The average molecular weight is 403 g/mol. The molecule has 0 spiro atoms. The lowest BCUT2D eigenvalue weighted by molar-refractivity contribution is -0.133. The summed E-state index contributed by atoms with van der Waals surface area (Å²) in [6, 6.07) is 7.19. The first-order valence-corrected chi connectivity index (χ1v) is 8.70. The van der Waals surface area contributed by atoms with Gasteiger partial charge in [-0.3, -0.25) is 14.5 Å². The molecule has 0 aliphatic carbocycles. The quantitative estimate of drug-likeness (QED) is 0.752. The molecule has 1 aliphatic rings. The third kappa shape index (κ3) is 3.75. The minimum Gasteiger partial charge on any atom is -0.496 e. The number of anilines is 1.